The Morgan fingerprint density at radius 1 is 1.31 bits per heavy atom. The number of hydrogen-bond donors (Lipinski definition) is 0. The monoisotopic (exact) mass is 248 g/mol. The molecule has 82 valence electrons. The molecule has 1 aromatic carbocycles. The van der Waals surface area contributed by atoms with E-state index in [4.69, 9.17) is 0 Å². The summed E-state index contributed by atoms with van der Waals surface area (Å²) >= 11 is 3.21. The maximum absolute atomic E-state index is 11.8. The predicted octanol–water partition coefficient (Wildman–Crippen LogP) is 4.03. The minimum Gasteiger partial charge on any atom is -0.293 e. The number of thioether (sulfide) groups is 1. The van der Waals surface area contributed by atoms with Crippen molar-refractivity contribution in [3.63, 3.8) is 0 Å². The van der Waals surface area contributed by atoms with E-state index in [0.717, 1.165) is 10.5 Å². The van der Waals surface area contributed by atoms with Crippen molar-refractivity contribution in [2.45, 2.75) is 11.8 Å². The van der Waals surface area contributed by atoms with Crippen molar-refractivity contribution >= 4 is 28.9 Å². The van der Waals surface area contributed by atoms with Gasteiger partial charge in [0.15, 0.2) is 5.78 Å². The number of ketones is 1. The van der Waals surface area contributed by atoms with Gasteiger partial charge in [-0.1, -0.05) is 18.2 Å². The molecule has 2 aromatic rings. The summed E-state index contributed by atoms with van der Waals surface area (Å²) in [5, 5.41) is 1.93. The molecule has 0 N–H and O–H groups in total. The molecule has 0 atom stereocenters. The lowest BCUT2D eigenvalue weighted by molar-refractivity contribution is 0.102. The van der Waals surface area contributed by atoms with E-state index in [0.29, 0.717) is 5.75 Å². The Balaban J connectivity index is 1.94. The lowest BCUT2D eigenvalue weighted by Gasteiger charge is -1.99. The molecular weight excluding hydrogens is 236 g/mol. The summed E-state index contributed by atoms with van der Waals surface area (Å²) in [6, 6.07) is 12.0. The quantitative estimate of drug-likeness (QED) is 0.600. The third kappa shape index (κ3) is 2.97. The van der Waals surface area contributed by atoms with Crippen LogP contribution in [0.2, 0.25) is 0 Å². The van der Waals surface area contributed by atoms with Crippen molar-refractivity contribution in [1.29, 1.82) is 0 Å². The van der Waals surface area contributed by atoms with Gasteiger partial charge in [-0.2, -0.15) is 0 Å². The maximum atomic E-state index is 11.8. The molecule has 1 heterocycles. The molecule has 0 saturated heterocycles. The Morgan fingerprint density at radius 2 is 2.06 bits per heavy atom. The molecule has 0 aliphatic heterocycles. The van der Waals surface area contributed by atoms with Gasteiger partial charge < -0.3 is 0 Å². The summed E-state index contributed by atoms with van der Waals surface area (Å²) in [4.78, 5) is 14.1. The number of benzene rings is 1. The van der Waals surface area contributed by atoms with Gasteiger partial charge in [0.25, 0.3) is 0 Å². The fourth-order valence-electron chi connectivity index (χ4n) is 1.34. The maximum Gasteiger partial charge on any atom is 0.173 e. The van der Waals surface area contributed by atoms with Crippen LogP contribution in [0.5, 0.6) is 0 Å². The molecule has 0 amide bonds. The molecule has 0 fully saturated rings. The smallest absolute Gasteiger partial charge is 0.173 e. The molecule has 0 saturated carbocycles. The van der Waals surface area contributed by atoms with Gasteiger partial charge in [0.05, 0.1) is 5.75 Å². The first kappa shape index (κ1) is 11.4. The number of carbonyl (C=O) groups excluding carboxylic acids is 1. The number of hydrogen-bond acceptors (Lipinski definition) is 3. The normalized spacial score (nSPS) is 10.3. The van der Waals surface area contributed by atoms with Crippen LogP contribution in [0, 0.1) is 6.92 Å². The van der Waals surface area contributed by atoms with E-state index in [2.05, 4.69) is 0 Å². The van der Waals surface area contributed by atoms with Gasteiger partial charge >= 0.3 is 0 Å². The number of carbonyl (C=O) groups is 1. The third-order valence-electron chi connectivity index (χ3n) is 2.17. The van der Waals surface area contributed by atoms with Crippen molar-refractivity contribution in [3.8, 4) is 0 Å². The number of Topliss-reactive ketones (excluding diaryl/α,β-unsaturated/α-hetero) is 1. The van der Waals surface area contributed by atoms with E-state index >= 15 is 0 Å². The number of rotatable bonds is 4. The Morgan fingerprint density at radius 3 is 2.69 bits per heavy atom. The largest absolute Gasteiger partial charge is 0.293 e. The van der Waals surface area contributed by atoms with Crippen molar-refractivity contribution in [1.82, 2.24) is 0 Å². The van der Waals surface area contributed by atoms with Gasteiger partial charge in [0.2, 0.25) is 0 Å². The molecule has 3 heteroatoms. The standard InChI is InChI=1S/C13H12OS2/c1-10-7-11(8-15-10)13(14)9-16-12-5-3-2-4-6-12/h2-8H,9H2,1H3. The van der Waals surface area contributed by atoms with E-state index in [1.54, 1.807) is 23.1 Å². The van der Waals surface area contributed by atoms with Gasteiger partial charge in [-0.25, -0.2) is 0 Å². The molecule has 0 spiro atoms. The molecule has 1 nitrogen and oxygen atoms in total. The van der Waals surface area contributed by atoms with Crippen molar-refractivity contribution < 1.29 is 4.79 Å². The minimum atomic E-state index is 0.207. The minimum absolute atomic E-state index is 0.207. The molecule has 0 aliphatic carbocycles. The number of aryl methyl sites for hydroxylation is 1. The highest BCUT2D eigenvalue weighted by atomic mass is 32.2. The summed E-state index contributed by atoms with van der Waals surface area (Å²) < 4.78 is 0. The van der Waals surface area contributed by atoms with Gasteiger partial charge in [-0.3, -0.25) is 4.79 Å². The SMILES string of the molecule is Cc1cc(C(=O)CSc2ccccc2)cs1. The zero-order valence-corrected chi connectivity index (χ0v) is 10.6. The zero-order valence-electron chi connectivity index (χ0n) is 8.97. The molecule has 0 bridgehead atoms. The fourth-order valence-corrected chi connectivity index (χ4v) is 2.86. The van der Waals surface area contributed by atoms with Crippen LogP contribution in [0.4, 0.5) is 0 Å². The van der Waals surface area contributed by atoms with Gasteiger partial charge in [0, 0.05) is 20.7 Å². The van der Waals surface area contributed by atoms with E-state index in [9.17, 15) is 4.79 Å². The van der Waals surface area contributed by atoms with Crippen LogP contribution in [0.25, 0.3) is 0 Å². The lowest BCUT2D eigenvalue weighted by atomic mass is 10.2. The second-order valence-electron chi connectivity index (χ2n) is 3.47. The Bertz CT molecular complexity index is 474. The van der Waals surface area contributed by atoms with Crippen LogP contribution in [0.1, 0.15) is 15.2 Å². The van der Waals surface area contributed by atoms with Crippen molar-refractivity contribution in [2.24, 2.45) is 0 Å². The van der Waals surface area contributed by atoms with Gasteiger partial charge in [-0.15, -0.1) is 23.1 Å². The third-order valence-corrected chi connectivity index (χ3v) is 4.04. The highest BCUT2D eigenvalue weighted by Gasteiger charge is 2.07. The van der Waals surface area contributed by atoms with Crippen LogP contribution in [-0.4, -0.2) is 11.5 Å². The highest BCUT2D eigenvalue weighted by molar-refractivity contribution is 8.00. The Labute approximate surface area is 104 Å². The summed E-state index contributed by atoms with van der Waals surface area (Å²) in [5.74, 6) is 0.721. The highest BCUT2D eigenvalue weighted by Crippen LogP contribution is 2.20. The average molecular weight is 248 g/mol. The van der Waals surface area contributed by atoms with Gasteiger partial charge in [0.1, 0.15) is 0 Å². The summed E-state index contributed by atoms with van der Waals surface area (Å²) in [6.45, 7) is 2.02. The first-order chi connectivity index (χ1) is 7.75. The first-order valence-electron chi connectivity index (χ1n) is 5.02. The van der Waals surface area contributed by atoms with Crippen molar-refractivity contribution in [3.05, 3.63) is 52.2 Å². The van der Waals surface area contributed by atoms with Crippen molar-refractivity contribution in [2.75, 3.05) is 5.75 Å². The fraction of sp³-hybridized carbons (Fsp3) is 0.154. The molecule has 2 rings (SSSR count). The molecular formula is C13H12OS2. The first-order valence-corrected chi connectivity index (χ1v) is 6.88. The topological polar surface area (TPSA) is 17.1 Å². The predicted molar refractivity (Wildman–Crippen MR) is 70.6 cm³/mol. The Kier molecular flexibility index (Phi) is 3.80. The molecule has 0 radical (unpaired) electrons. The summed E-state index contributed by atoms with van der Waals surface area (Å²) in [5.41, 5.74) is 0.839. The zero-order chi connectivity index (χ0) is 11.4. The molecule has 0 aliphatic rings. The van der Waals surface area contributed by atoms with Crippen LogP contribution < -0.4 is 0 Å². The molecule has 0 unspecified atom stereocenters. The van der Waals surface area contributed by atoms with Crippen LogP contribution in [0.3, 0.4) is 0 Å². The van der Waals surface area contributed by atoms with Crippen LogP contribution >= 0.6 is 23.1 Å². The lowest BCUT2D eigenvalue weighted by Crippen LogP contribution is -2.00. The second kappa shape index (κ2) is 5.32. The Hall–Kier alpha value is -1.06. The van der Waals surface area contributed by atoms with Gasteiger partial charge in [-0.05, 0) is 25.1 Å². The van der Waals surface area contributed by atoms with E-state index in [1.807, 2.05) is 48.7 Å². The van der Waals surface area contributed by atoms with Crippen LogP contribution in [-0.2, 0) is 0 Å². The number of thiophene rings is 1. The van der Waals surface area contributed by atoms with E-state index in [-0.39, 0.29) is 5.78 Å². The molecule has 16 heavy (non-hydrogen) atoms. The summed E-state index contributed by atoms with van der Waals surface area (Å²) in [7, 11) is 0. The van der Waals surface area contributed by atoms with Crippen LogP contribution in [0.15, 0.2) is 46.7 Å². The van der Waals surface area contributed by atoms with E-state index in [1.165, 1.54) is 4.88 Å². The average Bonchev–Trinajstić information content (AvgIpc) is 2.74. The summed E-state index contributed by atoms with van der Waals surface area (Å²) in [6.07, 6.45) is 0. The van der Waals surface area contributed by atoms with E-state index < -0.39 is 0 Å². The second-order valence-corrected chi connectivity index (χ2v) is 5.64. The molecule has 1 aromatic heterocycles.